The Balaban J connectivity index is 2.92. The molecule has 0 aliphatic carbocycles. The molecule has 0 bridgehead atoms. The van der Waals surface area contributed by atoms with Crippen molar-refractivity contribution in [3.63, 3.8) is 0 Å². The highest BCUT2D eigenvalue weighted by Crippen LogP contribution is 2.49. The van der Waals surface area contributed by atoms with E-state index in [0.717, 1.165) is 0 Å². The van der Waals surface area contributed by atoms with Gasteiger partial charge in [-0.05, 0) is 28.7 Å². The molecule has 8 heteroatoms. The largest absolute Gasteiger partial charge is 0.228 e. The van der Waals surface area contributed by atoms with Gasteiger partial charge in [-0.1, -0.05) is 58.0 Å². The Morgan fingerprint density at radius 3 is 1.79 bits per heavy atom. The summed E-state index contributed by atoms with van der Waals surface area (Å²) in [5, 5.41) is 0.136. The number of aromatic nitrogens is 1. The van der Waals surface area contributed by atoms with Crippen LogP contribution in [0.3, 0.4) is 0 Å². The third-order valence-electron chi connectivity index (χ3n) is 2.31. The summed E-state index contributed by atoms with van der Waals surface area (Å²) in [4.78, 5) is 3.57. The number of hydrogen-bond acceptors (Lipinski definition) is 1. The van der Waals surface area contributed by atoms with E-state index in [1.165, 1.54) is 6.20 Å². The van der Waals surface area contributed by atoms with E-state index in [1.54, 1.807) is 6.07 Å². The van der Waals surface area contributed by atoms with Crippen LogP contribution in [-0.4, -0.2) is 4.98 Å². The Labute approximate surface area is 147 Å². The molecular weight excluding hydrogens is 469 g/mol. The molecule has 0 amide bonds. The summed E-state index contributed by atoms with van der Waals surface area (Å²) in [6.07, 6.45) is 1.33. The number of hydrogen-bond donors (Lipinski definition) is 0. The fourth-order valence-corrected chi connectivity index (χ4v) is 3.44. The van der Waals surface area contributed by atoms with Crippen molar-refractivity contribution in [2.24, 2.45) is 0 Å². The predicted molar refractivity (Wildman–Crippen MR) is 87.4 cm³/mol. The number of halogens is 7. The molecule has 0 atom stereocenters. The molecule has 1 aromatic carbocycles. The molecule has 19 heavy (non-hydrogen) atoms. The van der Waals surface area contributed by atoms with Crippen LogP contribution < -0.4 is 0 Å². The van der Waals surface area contributed by atoms with Gasteiger partial charge in [0.1, 0.15) is 0 Å². The Bertz CT molecular complexity index is 627. The summed E-state index contributed by atoms with van der Waals surface area (Å²) >= 11 is 31.9. The van der Waals surface area contributed by atoms with E-state index in [-0.39, 0.29) is 36.2 Å². The molecule has 1 aromatic heterocycles. The summed E-state index contributed by atoms with van der Waals surface area (Å²) in [7, 11) is 0. The van der Waals surface area contributed by atoms with E-state index in [9.17, 15) is 4.39 Å². The number of nitrogens with zero attached hydrogens (tertiary/aromatic N) is 1. The smallest absolute Gasteiger partial charge is 0.221 e. The summed E-state index contributed by atoms with van der Waals surface area (Å²) in [6.45, 7) is 0. The first-order valence-electron chi connectivity index (χ1n) is 4.68. The van der Waals surface area contributed by atoms with Gasteiger partial charge in [-0.2, -0.15) is 4.39 Å². The van der Waals surface area contributed by atoms with Gasteiger partial charge < -0.3 is 0 Å². The third kappa shape index (κ3) is 2.78. The molecular formula is C11H2Cl5FIN. The molecule has 0 saturated carbocycles. The van der Waals surface area contributed by atoms with Crippen LogP contribution >= 0.6 is 80.6 Å². The van der Waals surface area contributed by atoms with Gasteiger partial charge in [0, 0.05) is 15.3 Å². The highest BCUT2D eigenvalue weighted by molar-refractivity contribution is 14.1. The van der Waals surface area contributed by atoms with Crippen LogP contribution in [0.25, 0.3) is 11.1 Å². The Hall–Kier alpha value is 0.480. The van der Waals surface area contributed by atoms with E-state index in [4.69, 9.17) is 58.0 Å². The van der Waals surface area contributed by atoms with E-state index in [0.29, 0.717) is 3.57 Å². The van der Waals surface area contributed by atoms with E-state index in [1.807, 2.05) is 22.6 Å². The van der Waals surface area contributed by atoms with Gasteiger partial charge in [0.2, 0.25) is 5.95 Å². The molecule has 2 aromatic rings. The minimum Gasteiger partial charge on any atom is -0.228 e. The summed E-state index contributed by atoms with van der Waals surface area (Å²) in [6, 6.07) is 1.61. The zero-order valence-electron chi connectivity index (χ0n) is 8.75. The van der Waals surface area contributed by atoms with Gasteiger partial charge in [-0.25, -0.2) is 4.98 Å². The molecule has 0 radical (unpaired) electrons. The second kappa shape index (κ2) is 6.08. The van der Waals surface area contributed by atoms with Crippen LogP contribution in [-0.2, 0) is 0 Å². The molecule has 0 fully saturated rings. The topological polar surface area (TPSA) is 12.9 Å². The standard InChI is InChI=1S/C11H2Cl5FIN/c12-6-5(4-3(18)1-2-19-11(4)17)7(13)9(15)10(16)8(6)14/h1-2H. The maximum Gasteiger partial charge on any atom is 0.221 e. The van der Waals surface area contributed by atoms with Crippen molar-refractivity contribution in [3.8, 4) is 11.1 Å². The normalized spacial score (nSPS) is 10.9. The van der Waals surface area contributed by atoms with Crippen molar-refractivity contribution in [2.45, 2.75) is 0 Å². The maximum atomic E-state index is 13.9. The monoisotopic (exact) mass is 469 g/mol. The lowest BCUT2D eigenvalue weighted by Crippen LogP contribution is -1.95. The van der Waals surface area contributed by atoms with Crippen LogP contribution in [0.2, 0.25) is 25.1 Å². The second-order valence-corrected chi connectivity index (χ2v) is 6.46. The van der Waals surface area contributed by atoms with E-state index in [2.05, 4.69) is 4.98 Å². The first-order chi connectivity index (χ1) is 8.86. The maximum absolute atomic E-state index is 13.9. The van der Waals surface area contributed by atoms with Gasteiger partial charge in [0.25, 0.3) is 0 Å². The lowest BCUT2D eigenvalue weighted by atomic mass is 10.1. The molecule has 1 heterocycles. The number of benzene rings is 1. The molecule has 0 aliphatic rings. The van der Waals surface area contributed by atoms with E-state index < -0.39 is 5.95 Å². The van der Waals surface area contributed by atoms with Crippen LogP contribution in [0.4, 0.5) is 4.39 Å². The van der Waals surface area contributed by atoms with Crippen molar-refractivity contribution >= 4 is 80.6 Å². The van der Waals surface area contributed by atoms with Gasteiger partial charge in [-0.3, -0.25) is 0 Å². The van der Waals surface area contributed by atoms with Crippen LogP contribution in [0.5, 0.6) is 0 Å². The highest BCUT2D eigenvalue weighted by Gasteiger charge is 2.24. The number of rotatable bonds is 1. The van der Waals surface area contributed by atoms with Crippen LogP contribution in [0.15, 0.2) is 12.3 Å². The highest BCUT2D eigenvalue weighted by atomic mass is 127. The van der Waals surface area contributed by atoms with Crippen molar-refractivity contribution in [2.75, 3.05) is 0 Å². The van der Waals surface area contributed by atoms with Gasteiger partial charge in [-0.15, -0.1) is 0 Å². The summed E-state index contributed by atoms with van der Waals surface area (Å²) in [5.41, 5.74) is 0.316. The summed E-state index contributed by atoms with van der Waals surface area (Å²) < 4.78 is 14.5. The fraction of sp³-hybridized carbons (Fsp3) is 0. The van der Waals surface area contributed by atoms with Crippen molar-refractivity contribution < 1.29 is 4.39 Å². The SMILES string of the molecule is Fc1nccc(I)c1-c1c(Cl)c(Cl)c(Cl)c(Cl)c1Cl. The molecule has 0 aliphatic heterocycles. The van der Waals surface area contributed by atoms with Crippen LogP contribution in [0, 0.1) is 9.52 Å². The zero-order chi connectivity index (χ0) is 14.3. The lowest BCUT2D eigenvalue weighted by Gasteiger charge is -2.14. The number of pyridine rings is 1. The van der Waals surface area contributed by atoms with E-state index >= 15 is 0 Å². The van der Waals surface area contributed by atoms with Crippen molar-refractivity contribution in [1.29, 1.82) is 0 Å². The molecule has 2 rings (SSSR count). The Morgan fingerprint density at radius 1 is 0.842 bits per heavy atom. The van der Waals surface area contributed by atoms with Gasteiger partial charge >= 0.3 is 0 Å². The molecule has 0 N–H and O–H groups in total. The first kappa shape index (κ1) is 15.9. The van der Waals surface area contributed by atoms with Gasteiger partial charge in [0.15, 0.2) is 0 Å². The molecule has 0 unspecified atom stereocenters. The van der Waals surface area contributed by atoms with Gasteiger partial charge in [0.05, 0.1) is 30.7 Å². The third-order valence-corrected chi connectivity index (χ3v) is 5.49. The molecule has 1 nitrogen and oxygen atoms in total. The lowest BCUT2D eigenvalue weighted by molar-refractivity contribution is 0.586. The first-order valence-corrected chi connectivity index (χ1v) is 7.65. The van der Waals surface area contributed by atoms with Crippen LogP contribution in [0.1, 0.15) is 0 Å². The minimum atomic E-state index is -0.717. The molecule has 100 valence electrons. The predicted octanol–water partition coefficient (Wildman–Crippen LogP) is 6.76. The summed E-state index contributed by atoms with van der Waals surface area (Å²) in [5.74, 6) is -0.717. The molecule has 0 spiro atoms. The second-order valence-electron chi connectivity index (χ2n) is 3.40. The average Bonchev–Trinajstić information content (AvgIpc) is 2.37. The van der Waals surface area contributed by atoms with Crippen molar-refractivity contribution in [3.05, 3.63) is 46.9 Å². The average molecular weight is 471 g/mol. The van der Waals surface area contributed by atoms with Crippen molar-refractivity contribution in [1.82, 2.24) is 4.98 Å². The fourth-order valence-electron chi connectivity index (χ4n) is 1.46. The minimum absolute atomic E-state index is 0.0202. The Kier molecular flexibility index (Phi) is 5.07. The Morgan fingerprint density at radius 2 is 1.32 bits per heavy atom. The quantitative estimate of drug-likeness (QED) is 0.194. The zero-order valence-corrected chi connectivity index (χ0v) is 14.7. The molecule has 0 saturated heterocycles.